The zero-order valence-corrected chi connectivity index (χ0v) is 22.4. The van der Waals surface area contributed by atoms with Crippen molar-refractivity contribution in [3.63, 3.8) is 0 Å². The molecule has 0 atom stereocenters. The van der Waals surface area contributed by atoms with Crippen LogP contribution in [0.2, 0.25) is 0 Å². The molecule has 0 spiro atoms. The normalized spacial score (nSPS) is 11.6. The molecule has 0 saturated carbocycles. The first kappa shape index (κ1) is 37.6. The van der Waals surface area contributed by atoms with Gasteiger partial charge in [-0.15, -0.1) is 0 Å². The fourth-order valence-electron chi connectivity index (χ4n) is 2.05. The fourth-order valence-corrected chi connectivity index (χ4v) is 2.05. The SMILES string of the molecule is CC(C)OCCOCCOCCOCCOCCOCCOCCOCCOCCO.O=S(=O)(O)O. The summed E-state index contributed by atoms with van der Waals surface area (Å²) in [6, 6.07) is 0. The minimum absolute atomic E-state index is 0.0319. The van der Waals surface area contributed by atoms with E-state index in [1.54, 1.807) is 0 Å². The average Bonchev–Trinajstić information content (AvgIpc) is 2.80. The second-order valence-corrected chi connectivity index (χ2v) is 7.89. The van der Waals surface area contributed by atoms with Crippen LogP contribution in [0.25, 0.3) is 0 Å². The van der Waals surface area contributed by atoms with E-state index in [1.807, 2.05) is 13.8 Å². The second-order valence-electron chi connectivity index (χ2n) is 6.99. The van der Waals surface area contributed by atoms with Crippen molar-refractivity contribution in [2.24, 2.45) is 0 Å². The van der Waals surface area contributed by atoms with Crippen LogP contribution >= 0.6 is 0 Å². The molecule has 14 nitrogen and oxygen atoms in total. The van der Waals surface area contributed by atoms with Gasteiger partial charge in [0.2, 0.25) is 0 Å². The van der Waals surface area contributed by atoms with E-state index in [2.05, 4.69) is 0 Å². The lowest BCUT2D eigenvalue weighted by molar-refractivity contribution is -0.0272. The van der Waals surface area contributed by atoms with Crippen molar-refractivity contribution in [3.05, 3.63) is 0 Å². The molecule has 0 amide bonds. The Morgan fingerprint density at radius 1 is 0.472 bits per heavy atom. The molecule has 0 heterocycles. The Morgan fingerprint density at radius 3 is 0.861 bits per heavy atom. The first-order valence-electron chi connectivity index (χ1n) is 11.8. The number of aliphatic hydroxyl groups is 1. The van der Waals surface area contributed by atoms with Crippen LogP contribution in [0.1, 0.15) is 13.8 Å². The van der Waals surface area contributed by atoms with Gasteiger partial charge < -0.3 is 47.7 Å². The van der Waals surface area contributed by atoms with E-state index in [4.69, 9.17) is 65.3 Å². The highest BCUT2D eigenvalue weighted by molar-refractivity contribution is 7.79. The molecule has 36 heavy (non-hydrogen) atoms. The lowest BCUT2D eigenvalue weighted by atomic mass is 10.5. The highest BCUT2D eigenvalue weighted by atomic mass is 32.3. The molecule has 0 rings (SSSR count). The van der Waals surface area contributed by atoms with Gasteiger partial charge in [0, 0.05) is 0 Å². The molecule has 0 bridgehead atoms. The van der Waals surface area contributed by atoms with Crippen molar-refractivity contribution >= 4 is 10.4 Å². The standard InChI is InChI=1S/C21H44O10.H2O4S/c1-21(2)31-20-19-30-18-17-29-16-15-28-14-13-27-12-11-26-10-9-25-8-7-24-6-5-23-4-3-22;1-5(2,3)4/h21-22H,3-20H2,1-2H3;(H2,1,2,3,4). The Labute approximate surface area is 214 Å². The third-order valence-corrected chi connectivity index (χ3v) is 3.52. The van der Waals surface area contributed by atoms with Gasteiger partial charge in [0.05, 0.1) is 125 Å². The van der Waals surface area contributed by atoms with Crippen LogP contribution in [0.5, 0.6) is 0 Å². The van der Waals surface area contributed by atoms with Crippen molar-refractivity contribution in [1.29, 1.82) is 0 Å². The van der Waals surface area contributed by atoms with Crippen molar-refractivity contribution in [2.45, 2.75) is 20.0 Å². The topological polar surface area (TPSA) is 178 Å². The third kappa shape index (κ3) is 46.8. The monoisotopic (exact) mass is 554 g/mol. The molecule has 0 saturated heterocycles. The first-order chi connectivity index (χ1) is 17.3. The van der Waals surface area contributed by atoms with Crippen LogP contribution in [-0.2, 0) is 53.0 Å². The molecule has 0 aliphatic rings. The lowest BCUT2D eigenvalue weighted by Gasteiger charge is -2.09. The van der Waals surface area contributed by atoms with Crippen LogP contribution in [0.4, 0.5) is 0 Å². The average molecular weight is 555 g/mol. The van der Waals surface area contributed by atoms with E-state index >= 15 is 0 Å². The Morgan fingerprint density at radius 2 is 0.667 bits per heavy atom. The van der Waals surface area contributed by atoms with Gasteiger partial charge in [-0.05, 0) is 13.8 Å². The summed E-state index contributed by atoms with van der Waals surface area (Å²) in [5, 5.41) is 8.54. The number of aliphatic hydroxyl groups excluding tert-OH is 1. The third-order valence-electron chi connectivity index (χ3n) is 3.52. The smallest absolute Gasteiger partial charge is 0.394 e. The molecular formula is C21H46O14S. The Hall–Kier alpha value is -0.530. The number of ether oxygens (including phenoxy) is 9. The maximum absolute atomic E-state index is 8.74. The van der Waals surface area contributed by atoms with Crippen LogP contribution in [0.3, 0.4) is 0 Å². The summed E-state index contributed by atoms with van der Waals surface area (Å²) in [5.41, 5.74) is 0. The van der Waals surface area contributed by atoms with Gasteiger partial charge in [-0.1, -0.05) is 0 Å². The predicted octanol–water partition coefficient (Wildman–Crippen LogP) is -0.116. The van der Waals surface area contributed by atoms with Crippen LogP contribution in [-0.4, -0.2) is 148 Å². The molecule has 0 aromatic rings. The molecular weight excluding hydrogens is 508 g/mol. The highest BCUT2D eigenvalue weighted by Gasteiger charge is 1.96. The number of rotatable bonds is 27. The van der Waals surface area contributed by atoms with Crippen molar-refractivity contribution in [3.8, 4) is 0 Å². The molecule has 3 N–H and O–H groups in total. The summed E-state index contributed by atoms with van der Waals surface area (Å²) in [6.45, 7) is 12.9. The van der Waals surface area contributed by atoms with Gasteiger partial charge in [0.1, 0.15) is 0 Å². The van der Waals surface area contributed by atoms with Gasteiger partial charge >= 0.3 is 10.4 Å². The molecule has 220 valence electrons. The van der Waals surface area contributed by atoms with Gasteiger partial charge in [-0.2, -0.15) is 8.42 Å². The van der Waals surface area contributed by atoms with E-state index in [9.17, 15) is 0 Å². The first-order valence-corrected chi connectivity index (χ1v) is 13.2. The second kappa shape index (κ2) is 30.7. The molecule has 0 unspecified atom stereocenters. The maximum Gasteiger partial charge on any atom is 0.394 e. The van der Waals surface area contributed by atoms with E-state index < -0.39 is 10.4 Å². The molecule has 0 aliphatic heterocycles. The Balaban J connectivity index is 0. The number of hydrogen-bond acceptors (Lipinski definition) is 12. The fraction of sp³-hybridized carbons (Fsp3) is 1.00. The minimum Gasteiger partial charge on any atom is -0.394 e. The van der Waals surface area contributed by atoms with Crippen LogP contribution in [0, 0.1) is 0 Å². The maximum atomic E-state index is 8.74. The van der Waals surface area contributed by atoms with Crippen molar-refractivity contribution < 1.29 is 65.3 Å². The summed E-state index contributed by atoms with van der Waals surface area (Å²) in [6.07, 6.45) is 0.236. The van der Waals surface area contributed by atoms with Crippen LogP contribution < -0.4 is 0 Å². The predicted molar refractivity (Wildman–Crippen MR) is 129 cm³/mol. The highest BCUT2D eigenvalue weighted by Crippen LogP contribution is 1.88. The summed E-state index contributed by atoms with van der Waals surface area (Å²) in [7, 11) is -4.67. The van der Waals surface area contributed by atoms with E-state index in [1.165, 1.54) is 0 Å². The lowest BCUT2D eigenvalue weighted by Crippen LogP contribution is -2.15. The van der Waals surface area contributed by atoms with Crippen molar-refractivity contribution in [2.75, 3.05) is 119 Å². The molecule has 0 aromatic heterocycles. The number of hydrogen-bond donors (Lipinski definition) is 3. The summed E-state index contributed by atoms with van der Waals surface area (Å²) in [5.74, 6) is 0. The van der Waals surface area contributed by atoms with Gasteiger partial charge in [-0.3, -0.25) is 9.11 Å². The molecule has 0 fully saturated rings. The molecule has 15 heteroatoms. The summed E-state index contributed by atoms with van der Waals surface area (Å²) >= 11 is 0. The Bertz CT molecular complexity index is 499. The van der Waals surface area contributed by atoms with E-state index in [-0.39, 0.29) is 12.7 Å². The van der Waals surface area contributed by atoms with Gasteiger partial charge in [0.15, 0.2) is 0 Å². The molecule has 0 aliphatic carbocycles. The van der Waals surface area contributed by atoms with Gasteiger partial charge in [-0.25, -0.2) is 0 Å². The minimum atomic E-state index is -4.67. The zero-order valence-electron chi connectivity index (χ0n) is 21.5. The van der Waals surface area contributed by atoms with Gasteiger partial charge in [0.25, 0.3) is 0 Å². The summed E-state index contributed by atoms with van der Waals surface area (Å²) in [4.78, 5) is 0. The summed E-state index contributed by atoms with van der Waals surface area (Å²) < 4.78 is 79.7. The van der Waals surface area contributed by atoms with Crippen molar-refractivity contribution in [1.82, 2.24) is 0 Å². The Kier molecular flexibility index (Phi) is 32.1. The molecule has 0 radical (unpaired) electrons. The zero-order chi connectivity index (χ0) is 27.2. The van der Waals surface area contributed by atoms with E-state index in [0.717, 1.165) is 0 Å². The van der Waals surface area contributed by atoms with Crippen LogP contribution in [0.15, 0.2) is 0 Å². The quantitative estimate of drug-likeness (QED) is 0.0904. The van der Waals surface area contributed by atoms with E-state index in [0.29, 0.717) is 112 Å². The largest absolute Gasteiger partial charge is 0.394 e. The molecule has 0 aromatic carbocycles.